The SMILES string of the molecule is CCOC(=O)C1CC2CC(C)CC(Br)C2N1. The van der Waals surface area contributed by atoms with E-state index in [0.29, 0.717) is 23.4 Å². The molecular weight excluding hydrogens is 270 g/mol. The lowest BCUT2D eigenvalue weighted by Crippen LogP contribution is -2.44. The highest BCUT2D eigenvalue weighted by Crippen LogP contribution is 2.39. The van der Waals surface area contributed by atoms with E-state index in [1.807, 2.05) is 6.92 Å². The Balaban J connectivity index is 1.97. The van der Waals surface area contributed by atoms with Crippen molar-refractivity contribution >= 4 is 21.9 Å². The van der Waals surface area contributed by atoms with Gasteiger partial charge in [-0.05, 0) is 38.0 Å². The molecule has 1 saturated carbocycles. The van der Waals surface area contributed by atoms with E-state index in [9.17, 15) is 4.79 Å². The monoisotopic (exact) mass is 289 g/mol. The number of hydrogen-bond donors (Lipinski definition) is 1. The van der Waals surface area contributed by atoms with Crippen molar-refractivity contribution in [3.63, 3.8) is 0 Å². The van der Waals surface area contributed by atoms with Crippen molar-refractivity contribution < 1.29 is 9.53 Å². The van der Waals surface area contributed by atoms with Crippen LogP contribution in [0.25, 0.3) is 0 Å². The molecule has 1 heterocycles. The summed E-state index contributed by atoms with van der Waals surface area (Å²) in [5.41, 5.74) is 0. The van der Waals surface area contributed by atoms with Crippen molar-refractivity contribution in [2.75, 3.05) is 6.61 Å². The van der Waals surface area contributed by atoms with Gasteiger partial charge in [0.2, 0.25) is 0 Å². The molecule has 0 amide bonds. The second-order valence-electron chi connectivity index (χ2n) is 5.09. The molecule has 5 atom stereocenters. The summed E-state index contributed by atoms with van der Waals surface area (Å²) in [4.78, 5) is 12.2. The Bertz CT molecular complexity index is 272. The Labute approximate surface area is 105 Å². The summed E-state index contributed by atoms with van der Waals surface area (Å²) in [7, 11) is 0. The van der Waals surface area contributed by atoms with Gasteiger partial charge in [0.25, 0.3) is 0 Å². The quantitative estimate of drug-likeness (QED) is 0.625. The highest BCUT2D eigenvalue weighted by molar-refractivity contribution is 9.09. The molecule has 4 heteroatoms. The number of carbonyl (C=O) groups is 1. The molecular formula is C12H20BrNO2. The molecule has 0 aromatic carbocycles. The number of nitrogens with one attached hydrogen (secondary N) is 1. The van der Waals surface area contributed by atoms with Crippen molar-refractivity contribution in [2.45, 2.75) is 50.0 Å². The largest absolute Gasteiger partial charge is 0.465 e. The number of hydrogen-bond acceptors (Lipinski definition) is 3. The minimum absolute atomic E-state index is 0.0794. The summed E-state index contributed by atoms with van der Waals surface area (Å²) >= 11 is 3.74. The summed E-state index contributed by atoms with van der Waals surface area (Å²) in [5.74, 6) is 1.31. The van der Waals surface area contributed by atoms with Gasteiger partial charge in [-0.15, -0.1) is 0 Å². The van der Waals surface area contributed by atoms with E-state index in [1.165, 1.54) is 12.8 Å². The number of fused-ring (bicyclic) bond motifs is 1. The number of rotatable bonds is 2. The van der Waals surface area contributed by atoms with Crippen molar-refractivity contribution in [2.24, 2.45) is 11.8 Å². The molecule has 1 aliphatic heterocycles. The Morgan fingerprint density at radius 3 is 2.88 bits per heavy atom. The van der Waals surface area contributed by atoms with Crippen LogP contribution in [-0.4, -0.2) is 29.5 Å². The molecule has 2 fully saturated rings. The maximum absolute atomic E-state index is 11.7. The Hall–Kier alpha value is -0.0900. The zero-order valence-corrected chi connectivity index (χ0v) is 11.5. The lowest BCUT2D eigenvalue weighted by atomic mass is 9.79. The van der Waals surface area contributed by atoms with Crippen LogP contribution in [0.5, 0.6) is 0 Å². The highest BCUT2D eigenvalue weighted by atomic mass is 79.9. The topological polar surface area (TPSA) is 38.3 Å². The molecule has 1 saturated heterocycles. The van der Waals surface area contributed by atoms with E-state index in [1.54, 1.807) is 0 Å². The van der Waals surface area contributed by atoms with Crippen LogP contribution in [0.1, 0.15) is 33.1 Å². The standard InChI is InChI=1S/C12H20BrNO2/c1-3-16-12(15)10-6-8-4-7(2)5-9(13)11(8)14-10/h7-11,14H,3-6H2,1-2H3. The van der Waals surface area contributed by atoms with E-state index >= 15 is 0 Å². The second-order valence-corrected chi connectivity index (χ2v) is 6.26. The predicted molar refractivity (Wildman–Crippen MR) is 66.6 cm³/mol. The molecule has 5 unspecified atom stereocenters. The van der Waals surface area contributed by atoms with Gasteiger partial charge in [-0.25, -0.2) is 0 Å². The molecule has 2 rings (SSSR count). The molecule has 3 nitrogen and oxygen atoms in total. The van der Waals surface area contributed by atoms with Gasteiger partial charge >= 0.3 is 5.97 Å². The van der Waals surface area contributed by atoms with Gasteiger partial charge in [0.1, 0.15) is 6.04 Å². The third kappa shape index (κ3) is 2.43. The third-order valence-corrected chi connectivity index (χ3v) is 4.68. The number of alkyl halides is 1. The molecule has 0 aromatic rings. The molecule has 0 aromatic heterocycles. The highest BCUT2D eigenvalue weighted by Gasteiger charge is 2.44. The first-order valence-corrected chi connectivity index (χ1v) is 7.10. The molecule has 92 valence electrons. The smallest absolute Gasteiger partial charge is 0.323 e. The van der Waals surface area contributed by atoms with E-state index < -0.39 is 0 Å². The van der Waals surface area contributed by atoms with Crippen LogP contribution in [0, 0.1) is 11.8 Å². The van der Waals surface area contributed by atoms with Gasteiger partial charge in [0.05, 0.1) is 6.61 Å². The fourth-order valence-corrected chi connectivity index (χ4v) is 4.30. The van der Waals surface area contributed by atoms with Crippen LogP contribution < -0.4 is 5.32 Å². The first-order valence-electron chi connectivity index (χ1n) is 6.18. The Kier molecular flexibility index (Phi) is 3.90. The maximum Gasteiger partial charge on any atom is 0.323 e. The summed E-state index contributed by atoms with van der Waals surface area (Å²) in [6.45, 7) is 4.62. The van der Waals surface area contributed by atoms with Gasteiger partial charge in [0, 0.05) is 10.9 Å². The predicted octanol–water partition coefficient (Wildman–Crippen LogP) is 2.09. The van der Waals surface area contributed by atoms with Crippen LogP contribution >= 0.6 is 15.9 Å². The van der Waals surface area contributed by atoms with E-state index in [4.69, 9.17) is 4.74 Å². The van der Waals surface area contributed by atoms with Gasteiger partial charge in [-0.3, -0.25) is 4.79 Å². The molecule has 2 aliphatic rings. The van der Waals surface area contributed by atoms with Crippen LogP contribution in [0.2, 0.25) is 0 Å². The second kappa shape index (κ2) is 5.05. The van der Waals surface area contributed by atoms with Crippen LogP contribution in [0.4, 0.5) is 0 Å². The van der Waals surface area contributed by atoms with Crippen molar-refractivity contribution in [3.8, 4) is 0 Å². The normalized spacial score (nSPS) is 42.8. The lowest BCUT2D eigenvalue weighted by molar-refractivity contribution is -0.145. The van der Waals surface area contributed by atoms with Crippen LogP contribution in [-0.2, 0) is 9.53 Å². The lowest BCUT2D eigenvalue weighted by Gasteiger charge is -2.33. The van der Waals surface area contributed by atoms with Gasteiger partial charge in [-0.2, -0.15) is 0 Å². The van der Waals surface area contributed by atoms with E-state index in [-0.39, 0.29) is 12.0 Å². The number of carbonyl (C=O) groups excluding carboxylic acids is 1. The fourth-order valence-electron chi connectivity index (χ4n) is 3.08. The molecule has 0 radical (unpaired) electrons. The summed E-state index contributed by atoms with van der Waals surface area (Å²) in [6, 6.07) is 0.367. The van der Waals surface area contributed by atoms with Gasteiger partial charge < -0.3 is 10.1 Å². The number of ether oxygens (including phenoxy) is 1. The van der Waals surface area contributed by atoms with Gasteiger partial charge in [-0.1, -0.05) is 22.9 Å². The fraction of sp³-hybridized carbons (Fsp3) is 0.917. The first kappa shape index (κ1) is 12.4. The van der Waals surface area contributed by atoms with E-state index in [2.05, 4.69) is 28.2 Å². The first-order chi connectivity index (χ1) is 7.61. The van der Waals surface area contributed by atoms with Gasteiger partial charge in [0.15, 0.2) is 0 Å². The zero-order valence-electron chi connectivity index (χ0n) is 9.91. The summed E-state index contributed by atoms with van der Waals surface area (Å²) < 4.78 is 5.08. The molecule has 0 bridgehead atoms. The summed E-state index contributed by atoms with van der Waals surface area (Å²) in [5, 5.41) is 3.43. The van der Waals surface area contributed by atoms with Crippen molar-refractivity contribution in [1.82, 2.24) is 5.32 Å². The maximum atomic E-state index is 11.7. The Morgan fingerprint density at radius 1 is 1.44 bits per heavy atom. The van der Waals surface area contributed by atoms with Crippen molar-refractivity contribution in [1.29, 1.82) is 0 Å². The number of halogens is 1. The third-order valence-electron chi connectivity index (χ3n) is 3.73. The molecule has 1 N–H and O–H groups in total. The van der Waals surface area contributed by atoms with Crippen LogP contribution in [0.3, 0.4) is 0 Å². The van der Waals surface area contributed by atoms with E-state index in [0.717, 1.165) is 12.3 Å². The molecule has 0 spiro atoms. The minimum atomic E-state index is -0.0831. The average molecular weight is 290 g/mol. The zero-order chi connectivity index (χ0) is 11.7. The minimum Gasteiger partial charge on any atom is -0.465 e. The number of esters is 1. The Morgan fingerprint density at radius 2 is 2.19 bits per heavy atom. The molecule has 1 aliphatic carbocycles. The summed E-state index contributed by atoms with van der Waals surface area (Å²) in [6.07, 6.45) is 3.37. The van der Waals surface area contributed by atoms with Crippen molar-refractivity contribution in [3.05, 3.63) is 0 Å². The van der Waals surface area contributed by atoms with Crippen LogP contribution in [0.15, 0.2) is 0 Å². The average Bonchev–Trinajstić information content (AvgIpc) is 2.62. The molecule has 16 heavy (non-hydrogen) atoms.